The fourth-order valence-electron chi connectivity index (χ4n) is 4.00. The molecular weight excluding hydrogens is 316 g/mol. The average Bonchev–Trinajstić information content (AvgIpc) is 3.16. The highest BCUT2D eigenvalue weighted by Gasteiger charge is 2.32. The van der Waals surface area contributed by atoms with Crippen LogP contribution in [0.1, 0.15) is 31.2 Å². The third-order valence-corrected chi connectivity index (χ3v) is 5.26. The Morgan fingerprint density at radius 1 is 1.12 bits per heavy atom. The number of benzene rings is 1. The number of carbonyl (C=O) groups is 2. The molecule has 1 aromatic carbocycles. The van der Waals surface area contributed by atoms with E-state index in [0.29, 0.717) is 12.5 Å². The van der Waals surface area contributed by atoms with Crippen molar-refractivity contribution in [3.63, 3.8) is 0 Å². The highest BCUT2D eigenvalue weighted by Crippen LogP contribution is 2.21. The largest absolute Gasteiger partial charge is 0.352 e. The van der Waals surface area contributed by atoms with E-state index in [0.717, 1.165) is 44.6 Å². The van der Waals surface area contributed by atoms with Crippen molar-refractivity contribution in [2.75, 3.05) is 26.2 Å². The number of hydrogen-bond acceptors (Lipinski definition) is 3. The van der Waals surface area contributed by atoms with Gasteiger partial charge in [0.25, 0.3) is 0 Å². The maximum Gasteiger partial charge on any atom is 0.312 e. The summed E-state index contributed by atoms with van der Waals surface area (Å²) in [6.45, 7) is 3.79. The third-order valence-electron chi connectivity index (χ3n) is 5.26. The number of primary amides is 1. The lowest BCUT2D eigenvalue weighted by molar-refractivity contribution is -0.135. The van der Waals surface area contributed by atoms with Crippen molar-refractivity contribution < 1.29 is 9.59 Å². The first kappa shape index (κ1) is 17.7. The maximum atomic E-state index is 13.0. The average molecular weight is 344 g/mol. The van der Waals surface area contributed by atoms with E-state index < -0.39 is 12.1 Å². The van der Waals surface area contributed by atoms with E-state index >= 15 is 0 Å². The molecule has 6 heteroatoms. The summed E-state index contributed by atoms with van der Waals surface area (Å²) in [7, 11) is 0. The minimum absolute atomic E-state index is 0.0217. The van der Waals surface area contributed by atoms with Crippen LogP contribution in [0, 0.1) is 0 Å². The van der Waals surface area contributed by atoms with Gasteiger partial charge in [-0.1, -0.05) is 30.3 Å². The van der Waals surface area contributed by atoms with E-state index in [4.69, 9.17) is 5.73 Å². The number of rotatable bonds is 5. The highest BCUT2D eigenvalue weighted by molar-refractivity contribution is 5.87. The minimum atomic E-state index is -0.651. The first-order valence-electron chi connectivity index (χ1n) is 9.26. The summed E-state index contributed by atoms with van der Waals surface area (Å²) in [6.07, 6.45) is 5.14. The summed E-state index contributed by atoms with van der Waals surface area (Å²) >= 11 is 0. The molecule has 6 nitrogen and oxygen atoms in total. The lowest BCUT2D eigenvalue weighted by Gasteiger charge is -2.39. The van der Waals surface area contributed by atoms with Gasteiger partial charge in [-0.15, -0.1) is 0 Å². The second-order valence-corrected chi connectivity index (χ2v) is 7.07. The molecule has 25 heavy (non-hydrogen) atoms. The first-order chi connectivity index (χ1) is 12.1. The number of nitrogens with one attached hydrogen (secondary N) is 1. The van der Waals surface area contributed by atoms with Crippen LogP contribution in [0.5, 0.6) is 0 Å². The van der Waals surface area contributed by atoms with Gasteiger partial charge in [0.2, 0.25) is 5.91 Å². The minimum Gasteiger partial charge on any atom is -0.352 e. The Hall–Kier alpha value is -2.08. The molecule has 2 aliphatic rings. The van der Waals surface area contributed by atoms with Gasteiger partial charge in [0.15, 0.2) is 0 Å². The Bertz CT molecular complexity index is 586. The molecule has 2 fully saturated rings. The molecule has 3 amide bonds. The van der Waals surface area contributed by atoms with Crippen LogP contribution in [0.4, 0.5) is 4.79 Å². The molecule has 0 aromatic heterocycles. The number of hydrogen-bond donors (Lipinski definition) is 2. The summed E-state index contributed by atoms with van der Waals surface area (Å²) in [5.41, 5.74) is 6.33. The van der Waals surface area contributed by atoms with Crippen molar-refractivity contribution in [3.05, 3.63) is 35.9 Å². The van der Waals surface area contributed by atoms with E-state index in [9.17, 15) is 9.59 Å². The quantitative estimate of drug-likeness (QED) is 0.846. The Balaban J connectivity index is 1.66. The number of urea groups is 1. The Morgan fingerprint density at radius 2 is 1.84 bits per heavy atom. The molecule has 0 bridgehead atoms. The molecule has 1 aromatic rings. The van der Waals surface area contributed by atoms with Crippen LogP contribution in [-0.2, 0) is 11.2 Å². The van der Waals surface area contributed by atoms with Gasteiger partial charge in [-0.05, 0) is 44.3 Å². The van der Waals surface area contributed by atoms with Crippen molar-refractivity contribution in [3.8, 4) is 0 Å². The van der Waals surface area contributed by atoms with Crippen molar-refractivity contribution in [2.24, 2.45) is 5.73 Å². The standard InChI is InChI=1S/C19H28N4O2/c20-19(25)21-17(13-15-7-2-1-3-8-15)18(24)23-12-6-9-16(14-23)22-10-4-5-11-22/h1-3,7-8,16-17H,4-6,9-14H2,(H3,20,21,25). The number of carbonyl (C=O) groups excluding carboxylic acids is 2. The van der Waals surface area contributed by atoms with Crippen LogP contribution in [0.2, 0.25) is 0 Å². The predicted molar refractivity (Wildman–Crippen MR) is 97.1 cm³/mol. The second-order valence-electron chi connectivity index (χ2n) is 7.07. The van der Waals surface area contributed by atoms with Crippen LogP contribution in [0.3, 0.4) is 0 Å². The van der Waals surface area contributed by atoms with Crippen molar-refractivity contribution in [1.82, 2.24) is 15.1 Å². The van der Waals surface area contributed by atoms with Gasteiger partial charge in [0.1, 0.15) is 6.04 Å². The number of nitrogens with two attached hydrogens (primary N) is 1. The maximum absolute atomic E-state index is 13.0. The molecule has 2 aliphatic heterocycles. The molecular formula is C19H28N4O2. The summed E-state index contributed by atoms with van der Waals surface area (Å²) in [4.78, 5) is 28.8. The summed E-state index contributed by atoms with van der Waals surface area (Å²) in [5.74, 6) is -0.0217. The van der Waals surface area contributed by atoms with Gasteiger partial charge >= 0.3 is 6.03 Å². The molecule has 0 radical (unpaired) electrons. The third kappa shape index (κ3) is 4.72. The summed E-state index contributed by atoms with van der Waals surface area (Å²) < 4.78 is 0. The zero-order chi connectivity index (χ0) is 17.6. The SMILES string of the molecule is NC(=O)NC(Cc1ccccc1)C(=O)N1CCCC(N2CCCC2)C1. The second kappa shape index (κ2) is 8.34. The van der Waals surface area contributed by atoms with Crippen molar-refractivity contribution in [2.45, 2.75) is 44.2 Å². The van der Waals surface area contributed by atoms with E-state index in [1.54, 1.807) is 0 Å². The van der Waals surface area contributed by atoms with Gasteiger partial charge in [-0.3, -0.25) is 9.69 Å². The van der Waals surface area contributed by atoms with Gasteiger partial charge in [0, 0.05) is 25.6 Å². The predicted octanol–water partition coefficient (Wildman–Crippen LogP) is 1.35. The molecule has 3 N–H and O–H groups in total. The molecule has 2 atom stereocenters. The Morgan fingerprint density at radius 3 is 2.52 bits per heavy atom. The lowest BCUT2D eigenvalue weighted by Crippen LogP contribution is -2.56. The molecule has 136 valence electrons. The Kier molecular flexibility index (Phi) is 5.91. The molecule has 2 heterocycles. The van der Waals surface area contributed by atoms with E-state index in [2.05, 4.69) is 10.2 Å². The van der Waals surface area contributed by atoms with E-state index in [1.165, 1.54) is 12.8 Å². The molecule has 0 spiro atoms. The highest BCUT2D eigenvalue weighted by atomic mass is 16.2. The summed E-state index contributed by atoms with van der Waals surface area (Å²) in [5, 5.41) is 2.64. The molecule has 3 rings (SSSR count). The van der Waals surface area contributed by atoms with Crippen LogP contribution < -0.4 is 11.1 Å². The summed E-state index contributed by atoms with van der Waals surface area (Å²) in [6, 6.07) is 8.94. The lowest BCUT2D eigenvalue weighted by atomic mass is 10.0. The van der Waals surface area contributed by atoms with Crippen LogP contribution in [0.25, 0.3) is 0 Å². The smallest absolute Gasteiger partial charge is 0.312 e. The normalized spacial score (nSPS) is 22.6. The van der Waals surface area contributed by atoms with Gasteiger partial charge in [-0.2, -0.15) is 0 Å². The fraction of sp³-hybridized carbons (Fsp3) is 0.579. The van der Waals surface area contributed by atoms with Gasteiger partial charge in [0.05, 0.1) is 0 Å². The van der Waals surface area contributed by atoms with Crippen molar-refractivity contribution >= 4 is 11.9 Å². The topological polar surface area (TPSA) is 78.7 Å². The molecule has 0 saturated carbocycles. The fourth-order valence-corrected chi connectivity index (χ4v) is 4.00. The number of likely N-dealkylation sites (tertiary alicyclic amines) is 2. The van der Waals surface area contributed by atoms with E-state index in [1.807, 2.05) is 35.2 Å². The molecule has 0 aliphatic carbocycles. The van der Waals surface area contributed by atoms with Crippen molar-refractivity contribution in [1.29, 1.82) is 0 Å². The molecule has 2 saturated heterocycles. The van der Waals surface area contributed by atoms with Crippen LogP contribution >= 0.6 is 0 Å². The van der Waals surface area contributed by atoms with Gasteiger partial charge in [-0.25, -0.2) is 4.79 Å². The zero-order valence-electron chi connectivity index (χ0n) is 14.7. The first-order valence-corrected chi connectivity index (χ1v) is 9.26. The van der Waals surface area contributed by atoms with E-state index in [-0.39, 0.29) is 5.91 Å². The zero-order valence-corrected chi connectivity index (χ0v) is 14.7. The number of piperidine rings is 1. The Labute approximate surface area is 149 Å². The monoisotopic (exact) mass is 344 g/mol. The van der Waals surface area contributed by atoms with Crippen LogP contribution in [-0.4, -0.2) is 60.0 Å². The van der Waals surface area contributed by atoms with Crippen LogP contribution in [0.15, 0.2) is 30.3 Å². The molecule has 2 unspecified atom stereocenters. The van der Waals surface area contributed by atoms with Gasteiger partial charge < -0.3 is 16.0 Å². The number of amides is 3. The number of nitrogens with zero attached hydrogens (tertiary/aromatic N) is 2.